The van der Waals surface area contributed by atoms with E-state index in [0.29, 0.717) is 19.4 Å². The summed E-state index contributed by atoms with van der Waals surface area (Å²) in [6.07, 6.45) is 10.6. The third kappa shape index (κ3) is 5.82. The second-order valence-corrected chi connectivity index (χ2v) is 5.05. The van der Waals surface area contributed by atoms with Crippen LogP contribution in [0.25, 0.3) is 0 Å². The first-order valence-electron chi connectivity index (χ1n) is 7.33. The first-order valence-corrected chi connectivity index (χ1v) is 7.33. The van der Waals surface area contributed by atoms with Crippen molar-refractivity contribution in [2.45, 2.75) is 32.0 Å². The molecule has 0 aromatic heterocycles. The van der Waals surface area contributed by atoms with Crippen molar-refractivity contribution in [2.24, 2.45) is 11.8 Å². The van der Waals surface area contributed by atoms with Gasteiger partial charge in [0.15, 0.2) is 0 Å². The number of aliphatic hydroxyl groups excluding tert-OH is 2. The number of hydrogen-bond acceptors (Lipinski definition) is 5. The topological polar surface area (TPSA) is 83.8 Å². The second-order valence-electron chi connectivity index (χ2n) is 5.05. The highest BCUT2D eigenvalue weighted by Crippen LogP contribution is 2.35. The molecule has 120 valence electrons. The van der Waals surface area contributed by atoms with Gasteiger partial charge in [-0.3, -0.25) is 0 Å². The van der Waals surface area contributed by atoms with Gasteiger partial charge < -0.3 is 14.9 Å². The standard InChI is InChI=1S/C17H22O5/c1-2-22-17(21)10-6-4-3-5-8-13-14(9-7-11-18)16(20)12-15(13)19/h3-8,10,13-16,19-20H,2,9,12H2,1H3/t13-,14+,15-,16+/m1/s1. The molecule has 0 heterocycles. The van der Waals surface area contributed by atoms with Crippen LogP contribution in [0, 0.1) is 11.8 Å². The Hall–Kier alpha value is -1.94. The summed E-state index contributed by atoms with van der Waals surface area (Å²) in [4.78, 5) is 21.3. The van der Waals surface area contributed by atoms with E-state index in [-0.39, 0.29) is 11.8 Å². The smallest absolute Gasteiger partial charge is 0.330 e. The molecule has 1 saturated carbocycles. The Kier molecular flexibility index (Phi) is 8.15. The zero-order valence-electron chi connectivity index (χ0n) is 12.6. The van der Waals surface area contributed by atoms with Crippen molar-refractivity contribution in [1.82, 2.24) is 0 Å². The predicted molar refractivity (Wildman–Crippen MR) is 82.5 cm³/mol. The Morgan fingerprint density at radius 1 is 1.23 bits per heavy atom. The summed E-state index contributed by atoms with van der Waals surface area (Å²) in [7, 11) is 0. The van der Waals surface area contributed by atoms with Gasteiger partial charge in [-0.25, -0.2) is 9.59 Å². The van der Waals surface area contributed by atoms with Crippen molar-refractivity contribution in [1.29, 1.82) is 0 Å². The summed E-state index contributed by atoms with van der Waals surface area (Å²) in [6.45, 7) is 2.08. The molecule has 1 rings (SSSR count). The third-order valence-corrected chi connectivity index (χ3v) is 3.57. The highest BCUT2D eigenvalue weighted by atomic mass is 16.5. The molecular formula is C17H22O5. The Bertz CT molecular complexity index is 485. The molecule has 0 aromatic carbocycles. The largest absolute Gasteiger partial charge is 0.463 e. The van der Waals surface area contributed by atoms with Crippen LogP contribution >= 0.6 is 0 Å². The summed E-state index contributed by atoms with van der Waals surface area (Å²) >= 11 is 0. The van der Waals surface area contributed by atoms with Gasteiger partial charge in [0.05, 0.1) is 18.8 Å². The van der Waals surface area contributed by atoms with Crippen LogP contribution < -0.4 is 0 Å². The van der Waals surface area contributed by atoms with E-state index in [9.17, 15) is 19.8 Å². The normalized spacial score (nSPS) is 28.5. The molecule has 0 unspecified atom stereocenters. The molecule has 1 fully saturated rings. The minimum Gasteiger partial charge on any atom is -0.463 e. The second kappa shape index (κ2) is 9.90. The maximum Gasteiger partial charge on any atom is 0.330 e. The van der Waals surface area contributed by atoms with Gasteiger partial charge in [-0.2, -0.15) is 0 Å². The van der Waals surface area contributed by atoms with Crippen LogP contribution in [-0.4, -0.2) is 40.9 Å². The number of allylic oxidation sites excluding steroid dienone is 5. The molecule has 5 nitrogen and oxygen atoms in total. The lowest BCUT2D eigenvalue weighted by molar-refractivity contribution is -0.137. The van der Waals surface area contributed by atoms with Gasteiger partial charge in [0.2, 0.25) is 0 Å². The molecule has 0 spiro atoms. The molecule has 4 atom stereocenters. The van der Waals surface area contributed by atoms with Crippen LogP contribution in [0.4, 0.5) is 0 Å². The van der Waals surface area contributed by atoms with Crippen LogP contribution in [0.1, 0.15) is 19.8 Å². The van der Waals surface area contributed by atoms with E-state index in [4.69, 9.17) is 4.74 Å². The zero-order chi connectivity index (χ0) is 16.4. The number of carbonyl (C=O) groups is 1. The minimum absolute atomic E-state index is 0.184. The molecule has 5 heteroatoms. The molecule has 2 N–H and O–H groups in total. The molecule has 0 bridgehead atoms. The van der Waals surface area contributed by atoms with Crippen molar-refractivity contribution >= 4 is 11.9 Å². The van der Waals surface area contributed by atoms with Gasteiger partial charge in [-0.15, -0.1) is 0 Å². The van der Waals surface area contributed by atoms with E-state index in [2.05, 4.69) is 0 Å². The van der Waals surface area contributed by atoms with Crippen molar-refractivity contribution in [3.05, 3.63) is 42.5 Å². The van der Waals surface area contributed by atoms with Gasteiger partial charge in [0, 0.05) is 24.5 Å². The van der Waals surface area contributed by atoms with Gasteiger partial charge in [-0.05, 0) is 19.3 Å². The van der Waals surface area contributed by atoms with Crippen LogP contribution in [0.15, 0.2) is 42.5 Å². The van der Waals surface area contributed by atoms with E-state index < -0.39 is 18.2 Å². The zero-order valence-corrected chi connectivity index (χ0v) is 12.6. The Balaban J connectivity index is 2.55. The maximum absolute atomic E-state index is 11.1. The van der Waals surface area contributed by atoms with E-state index in [1.807, 2.05) is 0 Å². The quantitative estimate of drug-likeness (QED) is 0.321. The molecule has 22 heavy (non-hydrogen) atoms. The molecule has 0 aliphatic heterocycles. The summed E-state index contributed by atoms with van der Waals surface area (Å²) in [5, 5.41) is 19.8. The van der Waals surface area contributed by atoms with Crippen molar-refractivity contribution in [2.75, 3.05) is 6.61 Å². The minimum atomic E-state index is -0.625. The van der Waals surface area contributed by atoms with Crippen molar-refractivity contribution < 1.29 is 24.5 Å². The monoisotopic (exact) mass is 306 g/mol. The summed E-state index contributed by atoms with van der Waals surface area (Å²) in [5.41, 5.74) is 0. The number of esters is 1. The molecule has 0 saturated heterocycles. The molecular weight excluding hydrogens is 284 g/mol. The fourth-order valence-corrected chi connectivity index (χ4v) is 2.54. The third-order valence-electron chi connectivity index (χ3n) is 3.57. The molecule has 1 aliphatic carbocycles. The lowest BCUT2D eigenvalue weighted by Crippen LogP contribution is -2.19. The first kappa shape index (κ1) is 18.1. The lowest BCUT2D eigenvalue weighted by atomic mass is 9.90. The number of ether oxygens (including phenoxy) is 1. The van der Waals surface area contributed by atoms with Crippen LogP contribution in [-0.2, 0) is 14.3 Å². The highest BCUT2D eigenvalue weighted by Gasteiger charge is 2.39. The fraction of sp³-hybridized carbons (Fsp3) is 0.471. The van der Waals surface area contributed by atoms with E-state index >= 15 is 0 Å². The average molecular weight is 306 g/mol. The first-order chi connectivity index (χ1) is 10.6. The van der Waals surface area contributed by atoms with E-state index in [1.54, 1.807) is 43.2 Å². The maximum atomic E-state index is 11.1. The van der Waals surface area contributed by atoms with Crippen LogP contribution in [0.2, 0.25) is 0 Å². The van der Waals surface area contributed by atoms with Gasteiger partial charge in [0.1, 0.15) is 5.94 Å². The number of rotatable bonds is 7. The number of carbonyl (C=O) groups excluding carboxylic acids is 2. The highest BCUT2D eigenvalue weighted by molar-refractivity contribution is 5.82. The Morgan fingerprint density at radius 3 is 2.64 bits per heavy atom. The lowest BCUT2D eigenvalue weighted by Gasteiger charge is -2.18. The SMILES string of the molecule is CCOC(=O)C=CC=CC=C[C@@H]1[C@H](CC=C=O)[C@@H](O)C[C@H]1O. The molecule has 0 amide bonds. The number of aliphatic hydroxyl groups is 2. The van der Waals surface area contributed by atoms with Crippen LogP contribution in [0.5, 0.6) is 0 Å². The fourth-order valence-electron chi connectivity index (χ4n) is 2.54. The van der Waals surface area contributed by atoms with Gasteiger partial charge in [0.25, 0.3) is 0 Å². The van der Waals surface area contributed by atoms with Gasteiger partial charge in [-0.1, -0.05) is 30.4 Å². The summed E-state index contributed by atoms with van der Waals surface area (Å²) < 4.78 is 4.73. The van der Waals surface area contributed by atoms with E-state index in [0.717, 1.165) is 0 Å². The molecule has 1 aliphatic rings. The van der Waals surface area contributed by atoms with Crippen molar-refractivity contribution in [3.63, 3.8) is 0 Å². The predicted octanol–water partition coefficient (Wildman–Crippen LogP) is 1.35. The van der Waals surface area contributed by atoms with Crippen molar-refractivity contribution in [3.8, 4) is 0 Å². The Morgan fingerprint density at radius 2 is 1.95 bits per heavy atom. The number of hydrogen-bond donors (Lipinski definition) is 2. The summed E-state index contributed by atoms with van der Waals surface area (Å²) in [5.74, 6) is 0.906. The Labute approximate surface area is 130 Å². The average Bonchev–Trinajstić information content (AvgIpc) is 2.74. The summed E-state index contributed by atoms with van der Waals surface area (Å²) in [6, 6.07) is 0. The van der Waals surface area contributed by atoms with E-state index in [1.165, 1.54) is 12.2 Å². The van der Waals surface area contributed by atoms with Crippen LogP contribution in [0.3, 0.4) is 0 Å². The molecule has 0 aromatic rings. The molecule has 0 radical (unpaired) electrons. The van der Waals surface area contributed by atoms with Gasteiger partial charge >= 0.3 is 5.97 Å².